The molecule has 1 fully saturated rings. The average molecular weight is 234 g/mol. The lowest BCUT2D eigenvalue weighted by atomic mass is 9.99. The van der Waals surface area contributed by atoms with Crippen LogP contribution in [0.3, 0.4) is 0 Å². The van der Waals surface area contributed by atoms with E-state index >= 15 is 0 Å². The highest BCUT2D eigenvalue weighted by Crippen LogP contribution is 2.18. The van der Waals surface area contributed by atoms with E-state index in [4.69, 9.17) is 0 Å². The second-order valence-corrected chi connectivity index (χ2v) is 4.44. The highest BCUT2D eigenvalue weighted by atomic mass is 79.9. The molecule has 0 aliphatic carbocycles. The summed E-state index contributed by atoms with van der Waals surface area (Å²) in [5, 5.41) is 1.20. The Hall–Kier alpha value is 0.440. The van der Waals surface area contributed by atoms with Crippen LogP contribution in [0.15, 0.2) is 0 Å². The predicted octanol–water partition coefficient (Wildman–Crippen LogP) is 2.89. The van der Waals surface area contributed by atoms with Gasteiger partial charge in [0.1, 0.15) is 0 Å². The molecular formula is C10H20BrN. The highest BCUT2D eigenvalue weighted by molar-refractivity contribution is 9.09. The zero-order valence-corrected chi connectivity index (χ0v) is 9.65. The maximum Gasteiger partial charge on any atom is 0.00606 e. The van der Waals surface area contributed by atoms with E-state index in [1.165, 1.54) is 50.6 Å². The summed E-state index contributed by atoms with van der Waals surface area (Å²) in [6.07, 6.45) is 5.50. The first-order valence-corrected chi connectivity index (χ1v) is 6.27. The SMILES string of the molecule is CCCCN1CCC(CBr)CC1. The number of unbranched alkanes of at least 4 members (excludes halogenated alkanes) is 1. The van der Waals surface area contributed by atoms with E-state index in [1.807, 2.05) is 0 Å². The molecule has 72 valence electrons. The van der Waals surface area contributed by atoms with Crippen molar-refractivity contribution < 1.29 is 0 Å². The van der Waals surface area contributed by atoms with Crippen molar-refractivity contribution >= 4 is 15.9 Å². The van der Waals surface area contributed by atoms with Gasteiger partial charge in [0.2, 0.25) is 0 Å². The first-order chi connectivity index (χ1) is 5.86. The van der Waals surface area contributed by atoms with E-state index in [0.29, 0.717) is 0 Å². The third kappa shape index (κ3) is 3.44. The molecule has 0 amide bonds. The van der Waals surface area contributed by atoms with Gasteiger partial charge in [-0.15, -0.1) is 0 Å². The third-order valence-corrected chi connectivity index (χ3v) is 3.67. The van der Waals surface area contributed by atoms with E-state index in [1.54, 1.807) is 0 Å². The summed E-state index contributed by atoms with van der Waals surface area (Å²) < 4.78 is 0. The lowest BCUT2D eigenvalue weighted by Crippen LogP contribution is -2.34. The standard InChI is InChI=1S/C10H20BrN/c1-2-3-6-12-7-4-10(9-11)5-8-12/h10H,2-9H2,1H3. The Kier molecular flexibility index (Phi) is 5.24. The molecule has 1 saturated heterocycles. The molecule has 0 aromatic carbocycles. The maximum atomic E-state index is 3.56. The van der Waals surface area contributed by atoms with Crippen molar-refractivity contribution in [3.63, 3.8) is 0 Å². The molecular weight excluding hydrogens is 214 g/mol. The average Bonchev–Trinajstić information content (AvgIpc) is 2.15. The normalized spacial score (nSPS) is 21.5. The monoisotopic (exact) mass is 233 g/mol. The van der Waals surface area contributed by atoms with Gasteiger partial charge in [-0.3, -0.25) is 0 Å². The van der Waals surface area contributed by atoms with Gasteiger partial charge in [0.25, 0.3) is 0 Å². The lowest BCUT2D eigenvalue weighted by Gasteiger charge is -2.30. The Bertz CT molecular complexity index is 108. The van der Waals surface area contributed by atoms with E-state index < -0.39 is 0 Å². The van der Waals surface area contributed by atoms with Crippen LogP contribution in [0, 0.1) is 5.92 Å². The summed E-state index contributed by atoms with van der Waals surface area (Å²) in [6.45, 7) is 6.25. The van der Waals surface area contributed by atoms with Crippen molar-refractivity contribution in [1.82, 2.24) is 4.90 Å². The van der Waals surface area contributed by atoms with Crippen LogP contribution in [0.4, 0.5) is 0 Å². The smallest absolute Gasteiger partial charge is 0.00606 e. The van der Waals surface area contributed by atoms with Crippen molar-refractivity contribution in [1.29, 1.82) is 0 Å². The van der Waals surface area contributed by atoms with Gasteiger partial charge < -0.3 is 4.90 Å². The quantitative estimate of drug-likeness (QED) is 0.676. The van der Waals surface area contributed by atoms with Crippen LogP contribution < -0.4 is 0 Å². The molecule has 0 spiro atoms. The third-order valence-electron chi connectivity index (χ3n) is 2.75. The molecule has 12 heavy (non-hydrogen) atoms. The summed E-state index contributed by atoms with van der Waals surface area (Å²) in [5.74, 6) is 0.947. The van der Waals surface area contributed by atoms with Gasteiger partial charge in [0.05, 0.1) is 0 Å². The second kappa shape index (κ2) is 5.98. The van der Waals surface area contributed by atoms with Crippen LogP contribution in [-0.2, 0) is 0 Å². The Balaban J connectivity index is 2.09. The molecule has 0 aromatic heterocycles. The van der Waals surface area contributed by atoms with Crippen molar-refractivity contribution in [2.45, 2.75) is 32.6 Å². The summed E-state index contributed by atoms with van der Waals surface area (Å²) in [4.78, 5) is 2.61. The van der Waals surface area contributed by atoms with Crippen molar-refractivity contribution in [2.75, 3.05) is 25.0 Å². The Morgan fingerprint density at radius 2 is 2.00 bits per heavy atom. The summed E-state index contributed by atoms with van der Waals surface area (Å²) in [7, 11) is 0. The topological polar surface area (TPSA) is 3.24 Å². The van der Waals surface area contributed by atoms with Gasteiger partial charge in [0, 0.05) is 5.33 Å². The molecule has 2 heteroatoms. The second-order valence-electron chi connectivity index (χ2n) is 3.79. The molecule has 1 aliphatic rings. The molecule has 1 heterocycles. The first kappa shape index (κ1) is 10.5. The highest BCUT2D eigenvalue weighted by Gasteiger charge is 2.16. The summed E-state index contributed by atoms with van der Waals surface area (Å²) in [5.41, 5.74) is 0. The Morgan fingerprint density at radius 3 is 2.50 bits per heavy atom. The molecule has 0 atom stereocenters. The fourth-order valence-corrected chi connectivity index (χ4v) is 2.39. The van der Waals surface area contributed by atoms with Gasteiger partial charge in [-0.1, -0.05) is 29.3 Å². The number of piperidine rings is 1. The maximum absolute atomic E-state index is 3.56. The van der Waals surface area contributed by atoms with Gasteiger partial charge in [-0.25, -0.2) is 0 Å². The number of nitrogens with zero attached hydrogens (tertiary/aromatic N) is 1. The number of likely N-dealkylation sites (tertiary alicyclic amines) is 1. The van der Waals surface area contributed by atoms with Gasteiger partial charge in [0.15, 0.2) is 0 Å². The van der Waals surface area contributed by atoms with Gasteiger partial charge >= 0.3 is 0 Å². The molecule has 0 unspecified atom stereocenters. The first-order valence-electron chi connectivity index (χ1n) is 5.15. The van der Waals surface area contributed by atoms with E-state index in [2.05, 4.69) is 27.8 Å². The van der Waals surface area contributed by atoms with Crippen molar-refractivity contribution in [3.05, 3.63) is 0 Å². The minimum Gasteiger partial charge on any atom is -0.303 e. The lowest BCUT2D eigenvalue weighted by molar-refractivity contribution is 0.192. The number of hydrogen-bond donors (Lipinski definition) is 0. The molecule has 0 aromatic rings. The van der Waals surface area contributed by atoms with E-state index in [0.717, 1.165) is 5.92 Å². The fraction of sp³-hybridized carbons (Fsp3) is 1.00. The molecule has 0 radical (unpaired) electrons. The molecule has 0 bridgehead atoms. The molecule has 1 rings (SSSR count). The minimum atomic E-state index is 0.947. The Morgan fingerprint density at radius 1 is 1.33 bits per heavy atom. The molecule has 1 nitrogen and oxygen atoms in total. The van der Waals surface area contributed by atoms with Crippen LogP contribution in [0.1, 0.15) is 32.6 Å². The van der Waals surface area contributed by atoms with Crippen LogP contribution in [0.25, 0.3) is 0 Å². The molecule has 0 N–H and O–H groups in total. The van der Waals surface area contributed by atoms with E-state index in [-0.39, 0.29) is 0 Å². The van der Waals surface area contributed by atoms with Gasteiger partial charge in [-0.2, -0.15) is 0 Å². The zero-order valence-electron chi connectivity index (χ0n) is 8.06. The molecule has 1 aliphatic heterocycles. The predicted molar refractivity (Wildman–Crippen MR) is 57.9 cm³/mol. The fourth-order valence-electron chi connectivity index (χ4n) is 1.75. The molecule has 0 saturated carbocycles. The van der Waals surface area contributed by atoms with Crippen LogP contribution in [0.5, 0.6) is 0 Å². The van der Waals surface area contributed by atoms with Crippen molar-refractivity contribution in [3.8, 4) is 0 Å². The number of hydrogen-bond acceptors (Lipinski definition) is 1. The Labute approximate surface area is 84.6 Å². The summed E-state index contributed by atoms with van der Waals surface area (Å²) >= 11 is 3.56. The van der Waals surface area contributed by atoms with Gasteiger partial charge in [-0.05, 0) is 44.8 Å². The largest absolute Gasteiger partial charge is 0.303 e. The van der Waals surface area contributed by atoms with E-state index in [9.17, 15) is 0 Å². The van der Waals surface area contributed by atoms with Crippen LogP contribution in [-0.4, -0.2) is 29.9 Å². The zero-order chi connectivity index (χ0) is 8.81. The van der Waals surface area contributed by atoms with Crippen LogP contribution in [0.2, 0.25) is 0 Å². The van der Waals surface area contributed by atoms with Crippen molar-refractivity contribution in [2.24, 2.45) is 5.92 Å². The summed E-state index contributed by atoms with van der Waals surface area (Å²) in [6, 6.07) is 0. The van der Waals surface area contributed by atoms with Crippen LogP contribution >= 0.6 is 15.9 Å². The minimum absolute atomic E-state index is 0.947. The number of rotatable bonds is 4. The number of halogens is 1. The number of alkyl halides is 1.